The van der Waals surface area contributed by atoms with Gasteiger partial charge in [0.1, 0.15) is 42.8 Å². The number of Topliss-reactive ketones (excluding diaryl/α,β-unsaturated/α-hetero) is 2. The van der Waals surface area contributed by atoms with Gasteiger partial charge in [0.05, 0.1) is 18.7 Å². The zero-order valence-electron chi connectivity index (χ0n) is 38.1. The number of nitrogens with one attached hydrogen (secondary N) is 2. The van der Waals surface area contributed by atoms with E-state index in [0.29, 0.717) is 40.2 Å². The quantitative estimate of drug-likeness (QED) is 0.0784. The molecule has 352 valence electrons. The Morgan fingerprint density at radius 3 is 2.11 bits per heavy atom. The molecule has 0 aromatic heterocycles. The fourth-order valence-electron chi connectivity index (χ4n) is 7.81. The number of aliphatic hydroxyl groups is 1. The SMILES string of the molecule is CCCCCCCCCC(=O)N[C@@H](CO)C(=O)N(C)[C@@H](CCN)C(=O)N(C)[C@@H]1C(=O)C[C@@H](C)C(=O)N[C@H](C(=O)CCC#N)Cc2ccc(OCCN)c(c2)-c2cc1ccc2OCCN. The zero-order chi connectivity index (χ0) is 47.2. The first-order valence-electron chi connectivity index (χ1n) is 22.6. The highest BCUT2D eigenvalue weighted by Crippen LogP contribution is 2.40. The molecule has 0 radical (unpaired) electrons. The smallest absolute Gasteiger partial charge is 0.247 e. The van der Waals surface area contributed by atoms with Crippen molar-refractivity contribution < 1.29 is 43.3 Å². The lowest BCUT2D eigenvalue weighted by atomic mass is 9.89. The van der Waals surface area contributed by atoms with Crippen LogP contribution >= 0.6 is 0 Å². The molecule has 2 aromatic rings. The van der Waals surface area contributed by atoms with Crippen molar-refractivity contribution in [1.82, 2.24) is 20.4 Å². The maximum atomic E-state index is 14.7. The molecule has 0 unspecified atom stereocenters. The predicted octanol–water partition coefficient (Wildman–Crippen LogP) is 2.83. The number of carbonyl (C=O) groups is 6. The number of nitriles is 1. The van der Waals surface area contributed by atoms with E-state index in [1.807, 2.05) is 6.07 Å². The summed E-state index contributed by atoms with van der Waals surface area (Å²) in [6.07, 6.45) is 6.77. The fourth-order valence-corrected chi connectivity index (χ4v) is 7.81. The summed E-state index contributed by atoms with van der Waals surface area (Å²) in [5.74, 6) is -3.39. The average Bonchev–Trinajstić information content (AvgIpc) is 3.29. The van der Waals surface area contributed by atoms with Crippen molar-refractivity contribution in [3.63, 3.8) is 0 Å². The molecule has 17 nitrogen and oxygen atoms in total. The standard InChI is InChI=1S/C47H70N8O9/c1-5-6-7-8-9-10-11-14-43(59)52-37(30-56)46(61)54(3)38(19-21-49)47(62)55(4)44-33-16-18-42(64-25-23-51)35(29-33)34-27-32(15-17-41(34)63-24-22-50)28-36(39(57)13-12-20-48)53-45(60)31(2)26-40(44)58/h15-18,27,29,31,36-38,44,56H,5-14,19,21-26,28,30,49-51H2,1-4H3,(H,52,59)(H,53,60)/t31-,36+,37+,38+,44+/m1/s1. The largest absolute Gasteiger partial charge is 0.492 e. The number of hydrogen-bond donors (Lipinski definition) is 6. The van der Waals surface area contributed by atoms with Gasteiger partial charge in [0, 0.05) is 69.9 Å². The number of hydrogen-bond acceptors (Lipinski definition) is 13. The Bertz CT molecular complexity index is 1920. The summed E-state index contributed by atoms with van der Waals surface area (Å²) < 4.78 is 12.2. The molecule has 0 saturated heterocycles. The summed E-state index contributed by atoms with van der Waals surface area (Å²) in [4.78, 5) is 85.8. The van der Waals surface area contributed by atoms with E-state index in [2.05, 4.69) is 17.6 Å². The van der Waals surface area contributed by atoms with E-state index < -0.39 is 66.1 Å². The van der Waals surface area contributed by atoms with Gasteiger partial charge in [0.15, 0.2) is 11.6 Å². The number of likely N-dealkylation sites (N-methyl/N-ethyl adjacent to an activating group) is 2. The van der Waals surface area contributed by atoms with Crippen LogP contribution in [0.25, 0.3) is 11.1 Å². The van der Waals surface area contributed by atoms with Crippen molar-refractivity contribution in [3.05, 3.63) is 47.5 Å². The van der Waals surface area contributed by atoms with Crippen LogP contribution in [-0.2, 0) is 35.2 Å². The maximum Gasteiger partial charge on any atom is 0.247 e. The van der Waals surface area contributed by atoms with E-state index in [1.165, 1.54) is 25.4 Å². The Kier molecular flexibility index (Phi) is 22.9. The van der Waals surface area contributed by atoms with Gasteiger partial charge >= 0.3 is 0 Å². The van der Waals surface area contributed by atoms with E-state index in [0.717, 1.165) is 37.0 Å². The summed E-state index contributed by atoms with van der Waals surface area (Å²) in [7, 11) is 2.81. The van der Waals surface area contributed by atoms with E-state index in [9.17, 15) is 39.1 Å². The van der Waals surface area contributed by atoms with Crippen LogP contribution in [-0.4, -0.2) is 122 Å². The number of ether oxygens (including phenoxy) is 2. The van der Waals surface area contributed by atoms with Crippen LogP contribution in [0.4, 0.5) is 0 Å². The Morgan fingerprint density at radius 2 is 1.50 bits per heavy atom. The predicted molar refractivity (Wildman–Crippen MR) is 243 cm³/mol. The second-order valence-corrected chi connectivity index (χ2v) is 16.4. The highest BCUT2D eigenvalue weighted by molar-refractivity contribution is 5.97. The number of ketones is 2. The van der Waals surface area contributed by atoms with Crippen LogP contribution in [0, 0.1) is 17.2 Å². The normalized spacial score (nSPS) is 17.2. The highest BCUT2D eigenvalue weighted by atomic mass is 16.5. The lowest BCUT2D eigenvalue weighted by molar-refractivity contribution is -0.149. The fraction of sp³-hybridized carbons (Fsp3) is 0.596. The summed E-state index contributed by atoms with van der Waals surface area (Å²) in [5, 5.41) is 24.9. The van der Waals surface area contributed by atoms with Gasteiger partial charge in [-0.1, -0.05) is 64.5 Å². The molecular weight excluding hydrogens is 821 g/mol. The molecule has 17 heteroatoms. The van der Waals surface area contributed by atoms with Crippen molar-refractivity contribution in [2.75, 3.05) is 53.6 Å². The van der Waals surface area contributed by atoms with Gasteiger partial charge in [-0.3, -0.25) is 28.8 Å². The first-order valence-corrected chi connectivity index (χ1v) is 22.6. The van der Waals surface area contributed by atoms with Crippen LogP contribution in [0.1, 0.15) is 108 Å². The maximum absolute atomic E-state index is 14.7. The summed E-state index contributed by atoms with van der Waals surface area (Å²) in [6, 6.07) is 7.34. The van der Waals surface area contributed by atoms with Gasteiger partial charge < -0.3 is 52.2 Å². The minimum absolute atomic E-state index is 0.0256. The van der Waals surface area contributed by atoms with Gasteiger partial charge in [-0.25, -0.2) is 0 Å². The number of unbranched alkanes of at least 4 members (excludes halogenated alkanes) is 6. The average molecular weight is 891 g/mol. The molecule has 9 N–H and O–H groups in total. The molecule has 0 saturated carbocycles. The van der Waals surface area contributed by atoms with E-state index in [4.69, 9.17) is 26.7 Å². The van der Waals surface area contributed by atoms with Gasteiger partial charge in [-0.05, 0) is 61.2 Å². The van der Waals surface area contributed by atoms with Crippen molar-refractivity contribution >= 4 is 35.2 Å². The molecule has 0 fully saturated rings. The first-order chi connectivity index (χ1) is 30.8. The second kappa shape index (κ2) is 27.7. The highest BCUT2D eigenvalue weighted by Gasteiger charge is 2.38. The monoisotopic (exact) mass is 891 g/mol. The van der Waals surface area contributed by atoms with Gasteiger partial charge in [0.2, 0.25) is 23.6 Å². The second-order valence-electron chi connectivity index (χ2n) is 16.4. The van der Waals surface area contributed by atoms with Crippen LogP contribution in [0.5, 0.6) is 11.5 Å². The Balaban J connectivity index is 2.11. The van der Waals surface area contributed by atoms with Crippen LogP contribution in [0.15, 0.2) is 36.4 Å². The van der Waals surface area contributed by atoms with Crippen LogP contribution in [0.2, 0.25) is 0 Å². The summed E-state index contributed by atoms with van der Waals surface area (Å²) >= 11 is 0. The molecular formula is C47H70N8O9. The molecule has 4 amide bonds. The van der Waals surface area contributed by atoms with Crippen molar-refractivity contribution in [2.24, 2.45) is 23.1 Å². The minimum Gasteiger partial charge on any atom is -0.492 e. The molecule has 1 heterocycles. The topological polar surface area (TPSA) is 273 Å². The van der Waals surface area contributed by atoms with Gasteiger partial charge in [-0.15, -0.1) is 0 Å². The molecule has 64 heavy (non-hydrogen) atoms. The van der Waals surface area contributed by atoms with Crippen LogP contribution in [0.3, 0.4) is 0 Å². The summed E-state index contributed by atoms with van der Waals surface area (Å²) in [6.45, 7) is 3.64. The van der Waals surface area contributed by atoms with Gasteiger partial charge in [0.25, 0.3) is 0 Å². The van der Waals surface area contributed by atoms with Crippen molar-refractivity contribution in [1.29, 1.82) is 5.26 Å². The third kappa shape index (κ3) is 15.4. The molecule has 1 aliphatic heterocycles. The molecule has 0 aliphatic carbocycles. The molecule has 4 bridgehead atoms. The number of nitrogens with two attached hydrogens (primary N) is 3. The third-order valence-corrected chi connectivity index (χ3v) is 11.4. The van der Waals surface area contributed by atoms with Crippen molar-refractivity contribution in [2.45, 2.75) is 121 Å². The van der Waals surface area contributed by atoms with Gasteiger partial charge in [-0.2, -0.15) is 5.26 Å². The van der Waals surface area contributed by atoms with Crippen molar-refractivity contribution in [3.8, 4) is 28.7 Å². The third-order valence-electron chi connectivity index (χ3n) is 11.4. The number of carbonyl (C=O) groups excluding carboxylic acids is 6. The van der Waals surface area contributed by atoms with E-state index in [1.54, 1.807) is 43.3 Å². The minimum atomic E-state index is -1.33. The number of aliphatic hydroxyl groups excluding tert-OH is 1. The molecule has 2 aromatic carbocycles. The number of benzene rings is 2. The Hall–Kier alpha value is -5.41. The zero-order valence-corrected chi connectivity index (χ0v) is 38.1. The van der Waals surface area contributed by atoms with E-state index in [-0.39, 0.29) is 77.2 Å². The Morgan fingerprint density at radius 1 is 0.875 bits per heavy atom. The lowest BCUT2D eigenvalue weighted by Gasteiger charge is -2.36. The molecule has 3 rings (SSSR count). The van der Waals surface area contributed by atoms with Crippen LogP contribution < -0.4 is 37.3 Å². The molecule has 5 atom stereocenters. The Labute approximate surface area is 377 Å². The molecule has 1 aliphatic rings. The molecule has 0 spiro atoms. The lowest BCUT2D eigenvalue weighted by Crippen LogP contribution is -2.56. The number of rotatable bonds is 25. The summed E-state index contributed by atoms with van der Waals surface area (Å²) in [5.41, 5.74) is 19.7. The number of nitrogens with zero attached hydrogens (tertiary/aromatic N) is 3. The van der Waals surface area contributed by atoms with E-state index >= 15 is 0 Å². The number of fused-ring (bicyclic) bond motifs is 5. The number of amides is 4. The first kappa shape index (κ1) is 52.9.